The van der Waals surface area contributed by atoms with Gasteiger partial charge in [-0.3, -0.25) is 9.59 Å². The normalized spacial score (nSPS) is 11.4. The van der Waals surface area contributed by atoms with Gasteiger partial charge in [0.2, 0.25) is 5.91 Å². The number of carbonyl (C=O) groups excluding carboxylic acids is 2. The van der Waals surface area contributed by atoms with Crippen LogP contribution in [-0.2, 0) is 9.59 Å². The zero-order chi connectivity index (χ0) is 15.7. The lowest BCUT2D eigenvalue weighted by atomic mass is 10.2. The summed E-state index contributed by atoms with van der Waals surface area (Å²) in [7, 11) is 0. The second-order valence-electron chi connectivity index (χ2n) is 4.32. The highest BCUT2D eigenvalue weighted by molar-refractivity contribution is 5.91. The number of furan rings is 1. The van der Waals surface area contributed by atoms with E-state index in [1.54, 1.807) is 6.07 Å². The van der Waals surface area contributed by atoms with E-state index in [9.17, 15) is 14.4 Å². The van der Waals surface area contributed by atoms with Gasteiger partial charge in [-0.1, -0.05) is 6.08 Å². The summed E-state index contributed by atoms with van der Waals surface area (Å²) in [6.07, 6.45) is 3.52. The number of carbonyl (C=O) groups is 3. The highest BCUT2D eigenvalue weighted by atomic mass is 16.4. The Hall–Kier alpha value is -2.57. The number of carboxylic acids is 1. The van der Waals surface area contributed by atoms with Crippen molar-refractivity contribution in [3.63, 3.8) is 0 Å². The third-order valence-electron chi connectivity index (χ3n) is 2.65. The lowest BCUT2D eigenvalue weighted by Crippen LogP contribution is -2.40. The summed E-state index contributed by atoms with van der Waals surface area (Å²) >= 11 is 0. The standard InChI is InChI=1S/C14H18N2O5/c1-2-5-10(14(19)20)16-12(17)7-3-8-15-13(18)11-6-4-9-21-11/h2,4,6,9-10H,1,3,5,7-8H2,(H,15,18)(H,16,17)(H,19,20). The van der Waals surface area contributed by atoms with Crippen molar-refractivity contribution in [2.75, 3.05) is 6.54 Å². The minimum Gasteiger partial charge on any atom is -0.480 e. The summed E-state index contributed by atoms with van der Waals surface area (Å²) in [5.74, 6) is -1.63. The van der Waals surface area contributed by atoms with Gasteiger partial charge in [-0.05, 0) is 25.0 Å². The minimum atomic E-state index is -1.10. The van der Waals surface area contributed by atoms with E-state index in [-0.39, 0.29) is 30.4 Å². The molecule has 1 heterocycles. The molecule has 7 heteroatoms. The average molecular weight is 294 g/mol. The molecule has 0 aliphatic heterocycles. The summed E-state index contributed by atoms with van der Waals surface area (Å²) in [5.41, 5.74) is 0. The lowest BCUT2D eigenvalue weighted by Gasteiger charge is -2.12. The van der Waals surface area contributed by atoms with Gasteiger partial charge in [0.05, 0.1) is 6.26 Å². The molecule has 0 bridgehead atoms. The molecule has 0 saturated heterocycles. The van der Waals surface area contributed by atoms with Crippen LogP contribution in [0.25, 0.3) is 0 Å². The van der Waals surface area contributed by atoms with Crippen LogP contribution < -0.4 is 10.6 Å². The molecule has 1 aromatic heterocycles. The molecule has 2 amide bonds. The largest absolute Gasteiger partial charge is 0.480 e. The quantitative estimate of drug-likeness (QED) is 0.464. The molecule has 7 nitrogen and oxygen atoms in total. The number of amides is 2. The molecule has 21 heavy (non-hydrogen) atoms. The van der Waals surface area contributed by atoms with Crippen LogP contribution >= 0.6 is 0 Å². The van der Waals surface area contributed by atoms with Crippen LogP contribution in [0.5, 0.6) is 0 Å². The van der Waals surface area contributed by atoms with Crippen LogP contribution in [0.15, 0.2) is 35.5 Å². The number of carboxylic acid groups (broad SMARTS) is 1. The predicted octanol–water partition coefficient (Wildman–Crippen LogP) is 0.935. The molecule has 3 N–H and O–H groups in total. The summed E-state index contributed by atoms with van der Waals surface area (Å²) in [5, 5.41) is 13.9. The number of aliphatic carboxylic acids is 1. The molecule has 0 radical (unpaired) electrons. The molecule has 0 fully saturated rings. The van der Waals surface area contributed by atoms with Gasteiger partial charge < -0.3 is 20.2 Å². The molecule has 114 valence electrons. The van der Waals surface area contributed by atoms with Crippen molar-refractivity contribution in [3.05, 3.63) is 36.8 Å². The van der Waals surface area contributed by atoms with E-state index in [2.05, 4.69) is 17.2 Å². The predicted molar refractivity (Wildman–Crippen MR) is 74.7 cm³/mol. The smallest absolute Gasteiger partial charge is 0.326 e. The van der Waals surface area contributed by atoms with Crippen molar-refractivity contribution < 1.29 is 23.9 Å². The molecule has 0 aliphatic carbocycles. The Morgan fingerprint density at radius 1 is 1.43 bits per heavy atom. The first-order valence-corrected chi connectivity index (χ1v) is 6.49. The number of rotatable bonds is 9. The third-order valence-corrected chi connectivity index (χ3v) is 2.65. The Labute approximate surface area is 122 Å². The summed E-state index contributed by atoms with van der Waals surface area (Å²) in [6.45, 7) is 3.74. The molecular formula is C14H18N2O5. The van der Waals surface area contributed by atoms with Crippen molar-refractivity contribution in [1.82, 2.24) is 10.6 Å². The highest BCUT2D eigenvalue weighted by Crippen LogP contribution is 2.00. The molecule has 1 rings (SSSR count). The second kappa shape index (κ2) is 8.57. The van der Waals surface area contributed by atoms with E-state index < -0.39 is 12.0 Å². The summed E-state index contributed by atoms with van der Waals surface area (Å²) < 4.78 is 4.91. The Bertz CT molecular complexity index is 495. The van der Waals surface area contributed by atoms with Gasteiger partial charge in [0.15, 0.2) is 5.76 Å². The maximum Gasteiger partial charge on any atom is 0.326 e. The molecule has 0 saturated carbocycles. The molecule has 0 aromatic carbocycles. The zero-order valence-electron chi connectivity index (χ0n) is 11.5. The maximum absolute atomic E-state index is 11.6. The van der Waals surface area contributed by atoms with Crippen LogP contribution in [0.2, 0.25) is 0 Å². The van der Waals surface area contributed by atoms with Gasteiger partial charge in [0.1, 0.15) is 6.04 Å². The highest BCUT2D eigenvalue weighted by Gasteiger charge is 2.17. The van der Waals surface area contributed by atoms with Gasteiger partial charge in [0, 0.05) is 13.0 Å². The van der Waals surface area contributed by atoms with E-state index in [0.29, 0.717) is 13.0 Å². The van der Waals surface area contributed by atoms with E-state index in [0.717, 1.165) is 0 Å². The third kappa shape index (κ3) is 5.94. The Balaban J connectivity index is 2.22. The van der Waals surface area contributed by atoms with Crippen molar-refractivity contribution >= 4 is 17.8 Å². The fraction of sp³-hybridized carbons (Fsp3) is 0.357. The van der Waals surface area contributed by atoms with Crippen molar-refractivity contribution in [2.45, 2.75) is 25.3 Å². The molecule has 1 atom stereocenters. The fourth-order valence-corrected chi connectivity index (χ4v) is 1.60. The lowest BCUT2D eigenvalue weighted by molar-refractivity contribution is -0.141. The first-order chi connectivity index (χ1) is 10.0. The van der Waals surface area contributed by atoms with Gasteiger partial charge in [0.25, 0.3) is 5.91 Å². The minimum absolute atomic E-state index is 0.124. The second-order valence-corrected chi connectivity index (χ2v) is 4.32. The van der Waals surface area contributed by atoms with Crippen LogP contribution in [0.1, 0.15) is 29.8 Å². The van der Waals surface area contributed by atoms with Gasteiger partial charge >= 0.3 is 5.97 Å². The van der Waals surface area contributed by atoms with Crippen LogP contribution in [0, 0.1) is 0 Å². The maximum atomic E-state index is 11.6. The van der Waals surface area contributed by atoms with Gasteiger partial charge in [-0.15, -0.1) is 6.58 Å². The summed E-state index contributed by atoms with van der Waals surface area (Å²) in [4.78, 5) is 33.9. The van der Waals surface area contributed by atoms with E-state index in [4.69, 9.17) is 9.52 Å². The van der Waals surface area contributed by atoms with Crippen LogP contribution in [-0.4, -0.2) is 35.5 Å². The van der Waals surface area contributed by atoms with Crippen LogP contribution in [0.3, 0.4) is 0 Å². The molecular weight excluding hydrogens is 276 g/mol. The van der Waals surface area contributed by atoms with Gasteiger partial charge in [-0.25, -0.2) is 4.79 Å². The first-order valence-electron chi connectivity index (χ1n) is 6.49. The zero-order valence-corrected chi connectivity index (χ0v) is 11.5. The molecule has 1 aromatic rings. The van der Waals surface area contributed by atoms with Crippen molar-refractivity contribution in [2.24, 2.45) is 0 Å². The summed E-state index contributed by atoms with van der Waals surface area (Å²) in [6, 6.07) is 2.18. The van der Waals surface area contributed by atoms with E-state index in [1.807, 2.05) is 0 Å². The van der Waals surface area contributed by atoms with E-state index >= 15 is 0 Å². The van der Waals surface area contributed by atoms with Crippen LogP contribution in [0.4, 0.5) is 0 Å². The fourth-order valence-electron chi connectivity index (χ4n) is 1.60. The van der Waals surface area contributed by atoms with Crippen molar-refractivity contribution in [1.29, 1.82) is 0 Å². The number of nitrogens with one attached hydrogen (secondary N) is 2. The first kappa shape index (κ1) is 16.5. The molecule has 1 unspecified atom stereocenters. The average Bonchev–Trinajstić information content (AvgIpc) is 2.97. The molecule has 0 spiro atoms. The SMILES string of the molecule is C=CCC(NC(=O)CCCNC(=O)c1ccco1)C(=O)O. The topological polar surface area (TPSA) is 109 Å². The molecule has 0 aliphatic rings. The van der Waals surface area contributed by atoms with Crippen molar-refractivity contribution in [3.8, 4) is 0 Å². The van der Waals surface area contributed by atoms with Gasteiger partial charge in [-0.2, -0.15) is 0 Å². The number of hydrogen-bond acceptors (Lipinski definition) is 4. The Morgan fingerprint density at radius 3 is 2.76 bits per heavy atom. The number of hydrogen-bond donors (Lipinski definition) is 3. The Kier molecular flexibility index (Phi) is 6.73. The monoisotopic (exact) mass is 294 g/mol. The van der Waals surface area contributed by atoms with E-state index in [1.165, 1.54) is 18.4 Å². The Morgan fingerprint density at radius 2 is 2.19 bits per heavy atom.